The van der Waals surface area contributed by atoms with Gasteiger partial charge in [-0.1, -0.05) is 6.42 Å². The van der Waals surface area contributed by atoms with Crippen LogP contribution in [-0.4, -0.2) is 69.6 Å². The van der Waals surface area contributed by atoms with Gasteiger partial charge < -0.3 is 10.0 Å². The first-order valence-electron chi connectivity index (χ1n) is 9.12. The molecule has 24 heavy (non-hydrogen) atoms. The number of hydrogen-bond donors (Lipinski definition) is 1. The maximum absolute atomic E-state index is 12.5. The summed E-state index contributed by atoms with van der Waals surface area (Å²) in [5.41, 5.74) is 0.610. The van der Waals surface area contributed by atoms with Crippen molar-refractivity contribution in [3.05, 3.63) is 24.3 Å². The lowest BCUT2D eigenvalue weighted by Gasteiger charge is -2.43. The molecule has 1 aliphatic carbocycles. The van der Waals surface area contributed by atoms with E-state index >= 15 is 0 Å². The number of aliphatic hydroxyl groups excluding tert-OH is 1. The van der Waals surface area contributed by atoms with Crippen LogP contribution in [0.4, 0.5) is 0 Å². The zero-order valence-electron chi connectivity index (χ0n) is 14.1. The van der Waals surface area contributed by atoms with E-state index in [-0.39, 0.29) is 17.9 Å². The monoisotopic (exact) mass is 330 g/mol. The van der Waals surface area contributed by atoms with E-state index in [9.17, 15) is 9.90 Å². The fraction of sp³-hybridized carbons (Fsp3) is 0.722. The van der Waals surface area contributed by atoms with Crippen LogP contribution in [0.2, 0.25) is 0 Å². The van der Waals surface area contributed by atoms with Crippen LogP contribution in [0.1, 0.15) is 42.6 Å². The lowest BCUT2D eigenvalue weighted by Crippen LogP contribution is -2.47. The SMILES string of the molecule is O=C(c1cnccn1)N1CCC2(CC1)CN(C1CCC1)CC2CO. The molecule has 0 aromatic carbocycles. The van der Waals surface area contributed by atoms with Crippen LogP contribution in [0.25, 0.3) is 0 Å². The van der Waals surface area contributed by atoms with Crippen molar-refractivity contribution in [1.29, 1.82) is 0 Å². The van der Waals surface area contributed by atoms with Crippen LogP contribution in [0.3, 0.4) is 0 Å². The van der Waals surface area contributed by atoms with Gasteiger partial charge in [0.15, 0.2) is 0 Å². The Kier molecular flexibility index (Phi) is 4.26. The van der Waals surface area contributed by atoms with E-state index in [2.05, 4.69) is 14.9 Å². The minimum atomic E-state index is -0.0210. The molecular weight excluding hydrogens is 304 g/mol. The van der Waals surface area contributed by atoms with Gasteiger partial charge in [0.2, 0.25) is 0 Å². The summed E-state index contributed by atoms with van der Waals surface area (Å²) in [6.07, 6.45) is 10.6. The number of amides is 1. The highest BCUT2D eigenvalue weighted by molar-refractivity contribution is 5.92. The normalized spacial score (nSPS) is 27.4. The van der Waals surface area contributed by atoms with Crippen LogP contribution in [-0.2, 0) is 0 Å². The van der Waals surface area contributed by atoms with Gasteiger partial charge in [0.05, 0.1) is 6.20 Å². The number of piperidine rings is 1. The molecule has 2 aliphatic heterocycles. The van der Waals surface area contributed by atoms with Crippen molar-refractivity contribution in [2.45, 2.75) is 38.1 Å². The van der Waals surface area contributed by atoms with Gasteiger partial charge in [-0.25, -0.2) is 4.98 Å². The lowest BCUT2D eigenvalue weighted by molar-refractivity contribution is 0.0381. The van der Waals surface area contributed by atoms with Gasteiger partial charge >= 0.3 is 0 Å². The fourth-order valence-corrected chi connectivity index (χ4v) is 4.65. The molecule has 3 fully saturated rings. The van der Waals surface area contributed by atoms with Gasteiger partial charge in [-0.05, 0) is 31.1 Å². The molecule has 1 aromatic heterocycles. The molecule has 1 amide bonds. The molecule has 2 saturated heterocycles. The molecule has 4 rings (SSSR count). The van der Waals surface area contributed by atoms with E-state index in [1.807, 2.05) is 4.90 Å². The van der Waals surface area contributed by atoms with Crippen LogP contribution in [0.15, 0.2) is 18.6 Å². The number of aromatic nitrogens is 2. The third kappa shape index (κ3) is 2.71. The van der Waals surface area contributed by atoms with E-state index in [0.29, 0.717) is 11.6 Å². The molecule has 1 spiro atoms. The van der Waals surface area contributed by atoms with Gasteiger partial charge in [0.1, 0.15) is 5.69 Å². The van der Waals surface area contributed by atoms with Gasteiger partial charge in [0.25, 0.3) is 5.91 Å². The van der Waals surface area contributed by atoms with E-state index in [0.717, 1.165) is 45.1 Å². The smallest absolute Gasteiger partial charge is 0.274 e. The number of rotatable bonds is 3. The van der Waals surface area contributed by atoms with Gasteiger partial charge in [0, 0.05) is 57.1 Å². The zero-order valence-corrected chi connectivity index (χ0v) is 14.1. The standard InChI is InChI=1S/C18H26N4O2/c23-12-14-11-22(15-2-1-3-15)13-18(14)4-8-21(9-5-18)17(24)16-10-19-6-7-20-16/h6-7,10,14-15,23H,1-5,8-9,11-13H2. The van der Waals surface area contributed by atoms with Crippen LogP contribution in [0, 0.1) is 11.3 Å². The molecule has 1 aromatic rings. The summed E-state index contributed by atoms with van der Waals surface area (Å²) in [6.45, 7) is 3.89. The molecule has 0 radical (unpaired) electrons. The molecule has 1 saturated carbocycles. The third-order valence-electron chi connectivity index (χ3n) is 6.48. The molecular formula is C18H26N4O2. The first-order chi connectivity index (χ1) is 11.7. The highest BCUT2D eigenvalue weighted by Crippen LogP contribution is 2.46. The van der Waals surface area contributed by atoms with Crippen molar-refractivity contribution in [2.24, 2.45) is 11.3 Å². The van der Waals surface area contributed by atoms with Crippen molar-refractivity contribution in [3.8, 4) is 0 Å². The summed E-state index contributed by atoms with van der Waals surface area (Å²) in [5, 5.41) is 9.90. The molecule has 0 bridgehead atoms. The van der Waals surface area contributed by atoms with Gasteiger partial charge in [-0.3, -0.25) is 14.7 Å². The quantitative estimate of drug-likeness (QED) is 0.901. The van der Waals surface area contributed by atoms with Gasteiger partial charge in [-0.15, -0.1) is 0 Å². The minimum Gasteiger partial charge on any atom is -0.396 e. The summed E-state index contributed by atoms with van der Waals surface area (Å²) in [6, 6.07) is 0.734. The number of carbonyl (C=O) groups is 1. The highest BCUT2D eigenvalue weighted by Gasteiger charge is 2.50. The predicted molar refractivity (Wildman–Crippen MR) is 89.4 cm³/mol. The number of likely N-dealkylation sites (tertiary alicyclic amines) is 2. The first-order valence-corrected chi connectivity index (χ1v) is 9.12. The Morgan fingerprint density at radius 2 is 2.08 bits per heavy atom. The molecule has 130 valence electrons. The Bertz CT molecular complexity index is 582. The second-order valence-electron chi connectivity index (χ2n) is 7.64. The molecule has 1 unspecified atom stereocenters. The van der Waals surface area contributed by atoms with E-state index < -0.39 is 0 Å². The van der Waals surface area contributed by atoms with Crippen molar-refractivity contribution < 1.29 is 9.90 Å². The third-order valence-corrected chi connectivity index (χ3v) is 6.48. The van der Waals surface area contributed by atoms with Crippen molar-refractivity contribution in [1.82, 2.24) is 19.8 Å². The predicted octanol–water partition coefficient (Wildman–Crippen LogP) is 1.18. The Hall–Kier alpha value is -1.53. The van der Waals surface area contributed by atoms with Crippen molar-refractivity contribution in [2.75, 3.05) is 32.8 Å². The molecule has 6 heteroatoms. The van der Waals surface area contributed by atoms with Crippen LogP contribution in [0.5, 0.6) is 0 Å². The molecule has 6 nitrogen and oxygen atoms in total. The summed E-state index contributed by atoms with van der Waals surface area (Å²) in [5.74, 6) is 0.333. The molecule has 3 aliphatic rings. The fourth-order valence-electron chi connectivity index (χ4n) is 4.65. The minimum absolute atomic E-state index is 0.0210. The number of nitrogens with zero attached hydrogens (tertiary/aromatic N) is 4. The average molecular weight is 330 g/mol. The van der Waals surface area contributed by atoms with Crippen molar-refractivity contribution in [3.63, 3.8) is 0 Å². The highest BCUT2D eigenvalue weighted by atomic mass is 16.3. The molecule has 3 heterocycles. The average Bonchev–Trinajstić information content (AvgIpc) is 2.92. The Balaban J connectivity index is 1.42. The summed E-state index contributed by atoms with van der Waals surface area (Å²) in [4.78, 5) is 25.2. The van der Waals surface area contributed by atoms with Crippen LogP contribution >= 0.6 is 0 Å². The maximum atomic E-state index is 12.5. The van der Waals surface area contributed by atoms with Gasteiger partial charge in [-0.2, -0.15) is 0 Å². The Morgan fingerprint density at radius 3 is 2.67 bits per heavy atom. The molecule has 1 N–H and O–H groups in total. The summed E-state index contributed by atoms with van der Waals surface area (Å²) >= 11 is 0. The maximum Gasteiger partial charge on any atom is 0.274 e. The largest absolute Gasteiger partial charge is 0.396 e. The Labute approximate surface area is 142 Å². The van der Waals surface area contributed by atoms with Crippen LogP contribution < -0.4 is 0 Å². The van der Waals surface area contributed by atoms with Crippen molar-refractivity contribution >= 4 is 5.91 Å². The number of aliphatic hydroxyl groups is 1. The van der Waals surface area contributed by atoms with E-state index in [4.69, 9.17) is 0 Å². The zero-order chi connectivity index (χ0) is 16.6. The van der Waals surface area contributed by atoms with E-state index in [1.165, 1.54) is 25.5 Å². The first kappa shape index (κ1) is 16.0. The van der Waals surface area contributed by atoms with E-state index in [1.54, 1.807) is 12.4 Å². The topological polar surface area (TPSA) is 69.6 Å². The number of hydrogen-bond acceptors (Lipinski definition) is 5. The number of carbonyl (C=O) groups excluding carboxylic acids is 1. The second-order valence-corrected chi connectivity index (χ2v) is 7.64. The Morgan fingerprint density at radius 1 is 1.29 bits per heavy atom. The second kappa shape index (κ2) is 6.41. The lowest BCUT2D eigenvalue weighted by atomic mass is 9.71. The summed E-state index contributed by atoms with van der Waals surface area (Å²) in [7, 11) is 0. The molecule has 1 atom stereocenters. The summed E-state index contributed by atoms with van der Waals surface area (Å²) < 4.78 is 0.